The summed E-state index contributed by atoms with van der Waals surface area (Å²) in [4.78, 5) is 19.4. The number of rotatable bonds is 4. The number of aromatic nitrogens is 4. The number of carboxylic acids is 1. The highest BCUT2D eigenvalue weighted by atomic mass is 16.4. The van der Waals surface area contributed by atoms with Crippen molar-refractivity contribution in [2.45, 2.75) is 25.7 Å². The molecule has 0 saturated heterocycles. The molecule has 2 aromatic rings. The molecule has 1 saturated carbocycles. The SMILES string of the molecule is Cn1ncc2c(NCC3CCC(C(=O)O)CC3)ncnc21. The molecule has 0 aliphatic heterocycles. The molecule has 7 nitrogen and oxygen atoms in total. The number of hydrogen-bond donors (Lipinski definition) is 2. The van der Waals surface area contributed by atoms with Crippen molar-refractivity contribution >= 4 is 22.8 Å². The van der Waals surface area contributed by atoms with Gasteiger partial charge in [-0.05, 0) is 31.6 Å². The quantitative estimate of drug-likeness (QED) is 0.889. The van der Waals surface area contributed by atoms with Crippen molar-refractivity contribution in [3.63, 3.8) is 0 Å². The minimum absolute atomic E-state index is 0.162. The zero-order valence-electron chi connectivity index (χ0n) is 12.0. The summed E-state index contributed by atoms with van der Waals surface area (Å²) >= 11 is 0. The van der Waals surface area contributed by atoms with E-state index in [-0.39, 0.29) is 5.92 Å². The van der Waals surface area contributed by atoms with E-state index >= 15 is 0 Å². The topological polar surface area (TPSA) is 92.9 Å². The highest BCUT2D eigenvalue weighted by Gasteiger charge is 2.25. The first kappa shape index (κ1) is 13.8. The van der Waals surface area contributed by atoms with Crippen molar-refractivity contribution in [3.05, 3.63) is 12.5 Å². The maximum Gasteiger partial charge on any atom is 0.306 e. The van der Waals surface area contributed by atoms with Crippen LogP contribution in [0, 0.1) is 11.8 Å². The van der Waals surface area contributed by atoms with Crippen LogP contribution in [0.4, 0.5) is 5.82 Å². The zero-order valence-corrected chi connectivity index (χ0v) is 12.0. The van der Waals surface area contributed by atoms with Crippen molar-refractivity contribution in [2.24, 2.45) is 18.9 Å². The average Bonchev–Trinajstić information content (AvgIpc) is 2.88. The van der Waals surface area contributed by atoms with Gasteiger partial charge in [0.25, 0.3) is 0 Å². The number of nitrogens with zero attached hydrogens (tertiary/aromatic N) is 4. The molecule has 0 aromatic carbocycles. The summed E-state index contributed by atoms with van der Waals surface area (Å²) in [6, 6.07) is 0. The molecular formula is C14H19N5O2. The van der Waals surface area contributed by atoms with E-state index in [1.165, 1.54) is 6.33 Å². The molecule has 0 unspecified atom stereocenters. The lowest BCUT2D eigenvalue weighted by molar-refractivity contribution is -0.143. The minimum atomic E-state index is -0.658. The molecular weight excluding hydrogens is 270 g/mol. The minimum Gasteiger partial charge on any atom is -0.481 e. The number of fused-ring (bicyclic) bond motifs is 1. The van der Waals surface area contributed by atoms with Crippen LogP contribution in [-0.2, 0) is 11.8 Å². The summed E-state index contributed by atoms with van der Waals surface area (Å²) in [6.45, 7) is 0.813. The first-order chi connectivity index (χ1) is 10.1. The van der Waals surface area contributed by atoms with Gasteiger partial charge in [-0.2, -0.15) is 5.10 Å². The molecule has 0 radical (unpaired) electrons. The van der Waals surface area contributed by atoms with Gasteiger partial charge in [0.15, 0.2) is 5.65 Å². The van der Waals surface area contributed by atoms with Gasteiger partial charge in [-0.15, -0.1) is 0 Å². The predicted octanol–water partition coefficient (Wildman–Crippen LogP) is 1.67. The fourth-order valence-corrected chi connectivity index (χ4v) is 2.96. The first-order valence-corrected chi connectivity index (χ1v) is 7.24. The maximum atomic E-state index is 10.9. The van der Waals surface area contributed by atoms with E-state index in [0.717, 1.165) is 49.1 Å². The number of aryl methyl sites for hydroxylation is 1. The van der Waals surface area contributed by atoms with Crippen LogP contribution in [0.5, 0.6) is 0 Å². The summed E-state index contributed by atoms with van der Waals surface area (Å²) in [7, 11) is 1.85. The summed E-state index contributed by atoms with van der Waals surface area (Å²) in [5.41, 5.74) is 0.807. The summed E-state index contributed by atoms with van der Waals surface area (Å²) in [6.07, 6.45) is 6.74. The normalized spacial score (nSPS) is 22.3. The van der Waals surface area contributed by atoms with E-state index in [4.69, 9.17) is 5.11 Å². The summed E-state index contributed by atoms with van der Waals surface area (Å²) in [5, 5.41) is 17.5. The van der Waals surface area contributed by atoms with Crippen LogP contribution in [0.25, 0.3) is 11.0 Å². The molecule has 112 valence electrons. The van der Waals surface area contributed by atoms with Crippen molar-refractivity contribution < 1.29 is 9.90 Å². The van der Waals surface area contributed by atoms with E-state index in [0.29, 0.717) is 5.92 Å². The molecule has 1 fully saturated rings. The molecule has 3 rings (SSSR count). The lowest BCUT2D eigenvalue weighted by Gasteiger charge is -2.26. The van der Waals surface area contributed by atoms with Gasteiger partial charge in [-0.3, -0.25) is 9.48 Å². The van der Waals surface area contributed by atoms with Gasteiger partial charge in [0.2, 0.25) is 0 Å². The van der Waals surface area contributed by atoms with Crippen molar-refractivity contribution in [1.82, 2.24) is 19.7 Å². The average molecular weight is 289 g/mol. The molecule has 0 spiro atoms. The Morgan fingerprint density at radius 3 is 2.86 bits per heavy atom. The van der Waals surface area contributed by atoms with E-state index in [2.05, 4.69) is 20.4 Å². The van der Waals surface area contributed by atoms with Gasteiger partial charge < -0.3 is 10.4 Å². The Bertz CT molecular complexity index is 646. The highest BCUT2D eigenvalue weighted by Crippen LogP contribution is 2.29. The van der Waals surface area contributed by atoms with Gasteiger partial charge >= 0.3 is 5.97 Å². The lowest BCUT2D eigenvalue weighted by atomic mass is 9.82. The number of anilines is 1. The van der Waals surface area contributed by atoms with E-state index < -0.39 is 5.97 Å². The van der Waals surface area contributed by atoms with Gasteiger partial charge in [0.1, 0.15) is 12.1 Å². The Hall–Kier alpha value is -2.18. The van der Waals surface area contributed by atoms with Gasteiger partial charge in [0.05, 0.1) is 17.5 Å². The second-order valence-corrected chi connectivity index (χ2v) is 5.66. The predicted molar refractivity (Wildman–Crippen MR) is 77.9 cm³/mol. The lowest BCUT2D eigenvalue weighted by Crippen LogP contribution is -2.25. The summed E-state index contributed by atoms with van der Waals surface area (Å²) in [5.74, 6) is 0.482. The van der Waals surface area contributed by atoms with Crippen LogP contribution in [0.15, 0.2) is 12.5 Å². The second kappa shape index (κ2) is 5.67. The number of carbonyl (C=O) groups is 1. The Morgan fingerprint density at radius 1 is 1.38 bits per heavy atom. The molecule has 2 N–H and O–H groups in total. The smallest absolute Gasteiger partial charge is 0.306 e. The molecule has 0 bridgehead atoms. The van der Waals surface area contributed by atoms with E-state index in [9.17, 15) is 4.79 Å². The van der Waals surface area contributed by atoms with Crippen molar-refractivity contribution in [3.8, 4) is 0 Å². The van der Waals surface area contributed by atoms with Gasteiger partial charge in [-0.25, -0.2) is 9.97 Å². The van der Waals surface area contributed by atoms with Crippen LogP contribution in [0.2, 0.25) is 0 Å². The third kappa shape index (κ3) is 2.81. The van der Waals surface area contributed by atoms with Crippen LogP contribution in [-0.4, -0.2) is 37.4 Å². The molecule has 1 aliphatic rings. The van der Waals surface area contributed by atoms with Gasteiger partial charge in [0, 0.05) is 13.6 Å². The molecule has 0 atom stereocenters. The molecule has 0 amide bonds. The number of hydrogen-bond acceptors (Lipinski definition) is 5. The van der Waals surface area contributed by atoms with Crippen molar-refractivity contribution in [2.75, 3.05) is 11.9 Å². The Labute approximate surface area is 122 Å². The third-order valence-electron chi connectivity index (χ3n) is 4.28. The zero-order chi connectivity index (χ0) is 14.8. The number of nitrogens with one attached hydrogen (secondary N) is 1. The molecule has 21 heavy (non-hydrogen) atoms. The van der Waals surface area contributed by atoms with Crippen molar-refractivity contribution in [1.29, 1.82) is 0 Å². The molecule has 7 heteroatoms. The van der Waals surface area contributed by atoms with Crippen LogP contribution < -0.4 is 5.32 Å². The number of aliphatic carboxylic acids is 1. The van der Waals surface area contributed by atoms with Gasteiger partial charge in [-0.1, -0.05) is 0 Å². The van der Waals surface area contributed by atoms with Crippen LogP contribution in [0.3, 0.4) is 0 Å². The van der Waals surface area contributed by atoms with Crippen LogP contribution >= 0.6 is 0 Å². The Kier molecular flexibility index (Phi) is 3.72. The fraction of sp³-hybridized carbons (Fsp3) is 0.571. The highest BCUT2D eigenvalue weighted by molar-refractivity contribution is 5.85. The molecule has 1 aliphatic carbocycles. The standard InChI is InChI=1S/C14H19N5O2/c1-19-13-11(7-18-19)12(16-8-17-13)15-6-9-2-4-10(5-3-9)14(20)21/h7-10H,2-6H2,1H3,(H,20,21)(H,15,16,17). The largest absolute Gasteiger partial charge is 0.481 e. The Balaban J connectivity index is 1.61. The maximum absolute atomic E-state index is 10.9. The van der Waals surface area contributed by atoms with E-state index in [1.807, 2.05) is 7.05 Å². The van der Waals surface area contributed by atoms with Crippen LogP contribution in [0.1, 0.15) is 25.7 Å². The second-order valence-electron chi connectivity index (χ2n) is 5.66. The summed E-state index contributed by atoms with van der Waals surface area (Å²) < 4.78 is 1.72. The molecule has 2 heterocycles. The first-order valence-electron chi connectivity index (χ1n) is 7.24. The fourth-order valence-electron chi connectivity index (χ4n) is 2.96. The molecule has 2 aromatic heterocycles. The Morgan fingerprint density at radius 2 is 2.14 bits per heavy atom. The third-order valence-corrected chi connectivity index (χ3v) is 4.28. The monoisotopic (exact) mass is 289 g/mol. The van der Waals surface area contributed by atoms with E-state index in [1.54, 1.807) is 10.9 Å². The number of carboxylic acid groups (broad SMARTS) is 1.